The van der Waals surface area contributed by atoms with Gasteiger partial charge in [0.2, 0.25) is 0 Å². The van der Waals surface area contributed by atoms with Gasteiger partial charge in [-0.1, -0.05) is 13.8 Å². The summed E-state index contributed by atoms with van der Waals surface area (Å²) in [5.74, 6) is -0.413. The van der Waals surface area contributed by atoms with Gasteiger partial charge in [0.25, 0.3) is 0 Å². The van der Waals surface area contributed by atoms with Crippen molar-refractivity contribution >= 4 is 12.0 Å². The van der Waals surface area contributed by atoms with Gasteiger partial charge < -0.3 is 15.3 Å². The van der Waals surface area contributed by atoms with Gasteiger partial charge in [-0.25, -0.2) is 4.79 Å². The number of carbonyl (C=O) groups is 2. The molecule has 0 atom stereocenters. The number of carboxylic acids is 1. The molecule has 2 amide bonds. The molecule has 100 valence electrons. The van der Waals surface area contributed by atoms with E-state index in [4.69, 9.17) is 5.11 Å². The average molecular weight is 244 g/mol. The highest BCUT2D eigenvalue weighted by Gasteiger charge is 2.17. The summed E-state index contributed by atoms with van der Waals surface area (Å²) in [5, 5.41) is 11.2. The molecule has 0 saturated carbocycles. The highest BCUT2D eigenvalue weighted by atomic mass is 16.4. The van der Waals surface area contributed by atoms with E-state index in [1.165, 1.54) is 0 Å². The highest BCUT2D eigenvalue weighted by molar-refractivity contribution is 5.74. The maximum atomic E-state index is 11.8. The van der Waals surface area contributed by atoms with Crippen molar-refractivity contribution in [3.63, 3.8) is 0 Å². The van der Waals surface area contributed by atoms with E-state index in [-0.39, 0.29) is 18.5 Å². The fraction of sp³-hybridized carbons (Fsp3) is 0.833. The standard InChI is InChI=1S/C12H24N2O3/c1-9(2)8-14(10(3)4)12(17)13-7-5-6-11(15)16/h9-10H,5-8H2,1-4H3,(H,13,17)(H,15,16). The van der Waals surface area contributed by atoms with E-state index in [0.717, 1.165) is 0 Å². The monoisotopic (exact) mass is 244 g/mol. The van der Waals surface area contributed by atoms with Crippen LogP contribution in [0.15, 0.2) is 0 Å². The molecule has 5 nitrogen and oxygen atoms in total. The third-order valence-corrected chi connectivity index (χ3v) is 2.29. The first-order valence-electron chi connectivity index (χ1n) is 6.10. The Hall–Kier alpha value is -1.26. The number of aliphatic carboxylic acids is 1. The zero-order chi connectivity index (χ0) is 13.4. The van der Waals surface area contributed by atoms with Gasteiger partial charge in [-0.15, -0.1) is 0 Å². The lowest BCUT2D eigenvalue weighted by Crippen LogP contribution is -2.46. The van der Waals surface area contributed by atoms with Gasteiger partial charge in [-0.2, -0.15) is 0 Å². The predicted octanol–water partition coefficient (Wildman–Crippen LogP) is 1.93. The van der Waals surface area contributed by atoms with Crippen LogP contribution in [-0.2, 0) is 4.79 Å². The van der Waals surface area contributed by atoms with E-state index in [1.807, 2.05) is 13.8 Å². The molecule has 0 bridgehead atoms. The van der Waals surface area contributed by atoms with Crippen LogP contribution in [0.3, 0.4) is 0 Å². The molecule has 0 unspecified atom stereocenters. The molecule has 0 aliphatic rings. The number of urea groups is 1. The zero-order valence-corrected chi connectivity index (χ0v) is 11.2. The van der Waals surface area contributed by atoms with Crippen molar-refractivity contribution in [1.29, 1.82) is 0 Å². The van der Waals surface area contributed by atoms with Gasteiger partial charge in [-0.05, 0) is 26.2 Å². The predicted molar refractivity (Wildman–Crippen MR) is 66.9 cm³/mol. The van der Waals surface area contributed by atoms with E-state index in [9.17, 15) is 9.59 Å². The molecule has 0 aromatic heterocycles. The Morgan fingerprint density at radius 1 is 1.24 bits per heavy atom. The Balaban J connectivity index is 4.02. The normalized spacial score (nSPS) is 10.7. The van der Waals surface area contributed by atoms with Crippen molar-refractivity contribution in [3.8, 4) is 0 Å². The smallest absolute Gasteiger partial charge is 0.317 e. The van der Waals surface area contributed by atoms with Gasteiger partial charge in [0, 0.05) is 25.6 Å². The van der Waals surface area contributed by atoms with Crippen molar-refractivity contribution in [2.75, 3.05) is 13.1 Å². The maximum absolute atomic E-state index is 11.8. The summed E-state index contributed by atoms with van der Waals surface area (Å²) in [6, 6.07) is 0.0379. The van der Waals surface area contributed by atoms with Crippen molar-refractivity contribution < 1.29 is 14.7 Å². The fourth-order valence-corrected chi connectivity index (χ4v) is 1.46. The first-order valence-corrected chi connectivity index (χ1v) is 6.10. The number of hydrogen-bond donors (Lipinski definition) is 2. The number of nitrogens with one attached hydrogen (secondary N) is 1. The SMILES string of the molecule is CC(C)CN(C(=O)NCCCC(=O)O)C(C)C. The zero-order valence-electron chi connectivity index (χ0n) is 11.2. The highest BCUT2D eigenvalue weighted by Crippen LogP contribution is 2.04. The van der Waals surface area contributed by atoms with Gasteiger partial charge >= 0.3 is 12.0 Å². The molecule has 0 spiro atoms. The van der Waals surface area contributed by atoms with Gasteiger partial charge in [0.1, 0.15) is 0 Å². The minimum Gasteiger partial charge on any atom is -0.481 e. The molecule has 0 aromatic carbocycles. The van der Waals surface area contributed by atoms with Crippen molar-refractivity contribution in [2.45, 2.75) is 46.6 Å². The lowest BCUT2D eigenvalue weighted by atomic mass is 10.2. The molecule has 17 heavy (non-hydrogen) atoms. The Morgan fingerprint density at radius 3 is 2.24 bits per heavy atom. The molecule has 0 rings (SSSR count). The van der Waals surface area contributed by atoms with E-state index in [1.54, 1.807) is 4.90 Å². The van der Waals surface area contributed by atoms with Crippen LogP contribution in [0.5, 0.6) is 0 Å². The fourth-order valence-electron chi connectivity index (χ4n) is 1.46. The number of nitrogens with zero attached hydrogens (tertiary/aromatic N) is 1. The summed E-state index contributed by atoms with van der Waals surface area (Å²) in [6.07, 6.45) is 0.556. The van der Waals surface area contributed by atoms with Crippen LogP contribution in [0, 0.1) is 5.92 Å². The third kappa shape index (κ3) is 7.60. The number of rotatable bonds is 7. The average Bonchev–Trinajstić information content (AvgIpc) is 2.19. The lowest BCUT2D eigenvalue weighted by Gasteiger charge is -2.28. The topological polar surface area (TPSA) is 69.6 Å². The van der Waals surface area contributed by atoms with Crippen LogP contribution in [0.1, 0.15) is 40.5 Å². The van der Waals surface area contributed by atoms with Crippen molar-refractivity contribution in [2.24, 2.45) is 5.92 Å². The molecule has 0 aliphatic heterocycles. The van der Waals surface area contributed by atoms with Gasteiger partial charge in [-0.3, -0.25) is 4.79 Å². The summed E-state index contributed by atoms with van der Waals surface area (Å²) in [5.41, 5.74) is 0. The maximum Gasteiger partial charge on any atom is 0.317 e. The largest absolute Gasteiger partial charge is 0.481 e. The molecule has 0 aliphatic carbocycles. The molecule has 2 N–H and O–H groups in total. The van der Waals surface area contributed by atoms with Crippen LogP contribution < -0.4 is 5.32 Å². The minimum atomic E-state index is -0.831. The number of amides is 2. The van der Waals surface area contributed by atoms with Crippen LogP contribution in [0.25, 0.3) is 0 Å². The van der Waals surface area contributed by atoms with Crippen LogP contribution >= 0.6 is 0 Å². The van der Waals surface area contributed by atoms with Gasteiger partial charge in [0.15, 0.2) is 0 Å². The minimum absolute atomic E-state index is 0.0894. The Labute approximate surface area is 103 Å². The van der Waals surface area contributed by atoms with E-state index in [2.05, 4.69) is 19.2 Å². The van der Waals surface area contributed by atoms with Gasteiger partial charge in [0.05, 0.1) is 0 Å². The Morgan fingerprint density at radius 2 is 1.82 bits per heavy atom. The number of carbonyl (C=O) groups excluding carboxylic acids is 1. The molecular weight excluding hydrogens is 220 g/mol. The molecule has 0 heterocycles. The van der Waals surface area contributed by atoms with Crippen molar-refractivity contribution in [1.82, 2.24) is 10.2 Å². The van der Waals surface area contributed by atoms with Crippen molar-refractivity contribution in [3.05, 3.63) is 0 Å². The second kappa shape index (κ2) is 7.92. The second-order valence-electron chi connectivity index (χ2n) is 4.87. The summed E-state index contributed by atoms with van der Waals surface area (Å²) >= 11 is 0. The second-order valence-corrected chi connectivity index (χ2v) is 4.87. The first kappa shape index (κ1) is 15.7. The Bertz CT molecular complexity index is 252. The molecular formula is C12H24N2O3. The lowest BCUT2D eigenvalue weighted by molar-refractivity contribution is -0.137. The molecule has 0 saturated heterocycles. The quantitative estimate of drug-likeness (QED) is 0.672. The first-order chi connectivity index (χ1) is 7.84. The summed E-state index contributed by atoms with van der Waals surface area (Å²) in [4.78, 5) is 23.9. The summed E-state index contributed by atoms with van der Waals surface area (Å²) < 4.78 is 0. The summed E-state index contributed by atoms with van der Waals surface area (Å²) in [7, 11) is 0. The van der Waals surface area contributed by atoms with E-state index in [0.29, 0.717) is 25.4 Å². The van der Waals surface area contributed by atoms with E-state index < -0.39 is 5.97 Å². The number of carboxylic acid groups (broad SMARTS) is 1. The van der Waals surface area contributed by atoms with Crippen LogP contribution in [0.2, 0.25) is 0 Å². The van der Waals surface area contributed by atoms with E-state index >= 15 is 0 Å². The Kier molecular flexibility index (Phi) is 7.34. The third-order valence-electron chi connectivity index (χ3n) is 2.29. The number of hydrogen-bond acceptors (Lipinski definition) is 2. The molecule has 0 radical (unpaired) electrons. The molecule has 0 aromatic rings. The summed E-state index contributed by atoms with van der Waals surface area (Å²) in [6.45, 7) is 9.19. The van der Waals surface area contributed by atoms with Crippen LogP contribution in [0.4, 0.5) is 4.79 Å². The van der Waals surface area contributed by atoms with Crippen LogP contribution in [-0.4, -0.2) is 41.1 Å². The molecule has 5 heteroatoms. The molecule has 0 fully saturated rings.